The summed E-state index contributed by atoms with van der Waals surface area (Å²) in [6.07, 6.45) is 5.38. The Morgan fingerprint density at radius 3 is 2.52 bits per heavy atom. The lowest BCUT2D eigenvalue weighted by Crippen LogP contribution is -2.37. The second kappa shape index (κ2) is 8.26. The Hall–Kier alpha value is -3.48. The number of rotatable bonds is 5. The lowest BCUT2D eigenvalue weighted by molar-refractivity contribution is -0.384. The molecule has 0 radical (unpaired) electrons. The van der Waals surface area contributed by atoms with Crippen LogP contribution in [0, 0.1) is 10.1 Å². The molecular weight excluding hydrogens is 368 g/mol. The number of nitrogens with zero attached hydrogens (tertiary/aromatic N) is 3. The van der Waals surface area contributed by atoms with Crippen molar-refractivity contribution in [3.8, 4) is 16.9 Å². The van der Waals surface area contributed by atoms with E-state index in [4.69, 9.17) is 0 Å². The Morgan fingerprint density at radius 1 is 1.03 bits per heavy atom. The fraction of sp³-hybridized carbons (Fsp3) is 0.273. The summed E-state index contributed by atoms with van der Waals surface area (Å²) in [7, 11) is 0. The van der Waals surface area contributed by atoms with Crippen LogP contribution in [0.5, 0.6) is 0 Å². The predicted octanol–water partition coefficient (Wildman–Crippen LogP) is 4.51. The van der Waals surface area contributed by atoms with Crippen molar-refractivity contribution in [3.63, 3.8) is 0 Å². The third kappa shape index (κ3) is 4.18. The largest absolute Gasteiger partial charge is 0.348 e. The van der Waals surface area contributed by atoms with Gasteiger partial charge >= 0.3 is 0 Å². The molecule has 0 spiro atoms. The zero-order valence-corrected chi connectivity index (χ0v) is 16.0. The molecule has 3 aromatic rings. The zero-order valence-electron chi connectivity index (χ0n) is 16.0. The van der Waals surface area contributed by atoms with Crippen LogP contribution in [0.4, 0.5) is 5.69 Å². The number of nitro groups is 1. The van der Waals surface area contributed by atoms with Crippen molar-refractivity contribution in [1.29, 1.82) is 0 Å². The molecule has 0 bridgehead atoms. The number of carbonyl (C=O) groups excluding carboxylic acids is 1. The summed E-state index contributed by atoms with van der Waals surface area (Å²) in [6, 6.07) is 17.6. The first kappa shape index (κ1) is 18.9. The minimum absolute atomic E-state index is 0.0436. The fourth-order valence-electron chi connectivity index (χ4n) is 3.73. The van der Waals surface area contributed by atoms with E-state index >= 15 is 0 Å². The molecule has 148 valence electrons. The number of amides is 1. The molecule has 1 fully saturated rings. The van der Waals surface area contributed by atoms with Gasteiger partial charge in [-0.15, -0.1) is 0 Å². The maximum atomic E-state index is 13.1. The molecule has 2 aromatic carbocycles. The van der Waals surface area contributed by atoms with E-state index in [2.05, 4.69) is 10.4 Å². The van der Waals surface area contributed by atoms with E-state index in [1.165, 1.54) is 23.2 Å². The second-order valence-corrected chi connectivity index (χ2v) is 7.28. The van der Waals surface area contributed by atoms with Gasteiger partial charge in [0.1, 0.15) is 5.69 Å². The summed E-state index contributed by atoms with van der Waals surface area (Å²) < 4.78 is 1.49. The highest BCUT2D eigenvalue weighted by Crippen LogP contribution is 2.24. The van der Waals surface area contributed by atoms with Gasteiger partial charge in [0, 0.05) is 23.7 Å². The Bertz CT molecular complexity index is 1020. The average Bonchev–Trinajstić information content (AvgIpc) is 3.21. The summed E-state index contributed by atoms with van der Waals surface area (Å²) in [4.78, 5) is 23.8. The number of hydrogen-bond donors (Lipinski definition) is 1. The van der Waals surface area contributed by atoms with Crippen LogP contribution in [0.3, 0.4) is 0 Å². The summed E-state index contributed by atoms with van der Waals surface area (Å²) in [6.45, 7) is 0. The van der Waals surface area contributed by atoms with Crippen LogP contribution in [0.1, 0.15) is 42.6 Å². The minimum Gasteiger partial charge on any atom is -0.348 e. The van der Waals surface area contributed by atoms with Gasteiger partial charge < -0.3 is 5.32 Å². The Balaban J connectivity index is 1.74. The van der Waals surface area contributed by atoms with Gasteiger partial charge in [0.2, 0.25) is 0 Å². The standard InChI is InChI=1S/C22H22N4O3/c27-22(23-17-10-5-2-6-11-17)21-15-20(16-8-3-1-4-9-16)24-25(21)18-12-7-13-19(14-18)26(28)29/h1,3-4,7-9,12-15,17H,2,5-6,10-11H2,(H,23,27). The minimum atomic E-state index is -0.452. The first-order chi connectivity index (χ1) is 14.1. The van der Waals surface area contributed by atoms with Gasteiger partial charge in [-0.3, -0.25) is 14.9 Å². The van der Waals surface area contributed by atoms with E-state index in [1.807, 2.05) is 30.3 Å². The van der Waals surface area contributed by atoms with Crippen molar-refractivity contribution >= 4 is 11.6 Å². The van der Waals surface area contributed by atoms with Crippen molar-refractivity contribution in [1.82, 2.24) is 15.1 Å². The van der Waals surface area contributed by atoms with E-state index in [-0.39, 0.29) is 17.6 Å². The van der Waals surface area contributed by atoms with Crippen molar-refractivity contribution in [2.45, 2.75) is 38.1 Å². The third-order valence-electron chi connectivity index (χ3n) is 5.24. The highest BCUT2D eigenvalue weighted by molar-refractivity contribution is 5.94. The highest BCUT2D eigenvalue weighted by atomic mass is 16.6. The molecule has 1 aliphatic carbocycles. The highest BCUT2D eigenvalue weighted by Gasteiger charge is 2.22. The van der Waals surface area contributed by atoms with E-state index in [1.54, 1.807) is 18.2 Å². The molecule has 0 aliphatic heterocycles. The molecule has 0 saturated heterocycles. The monoisotopic (exact) mass is 390 g/mol. The van der Waals surface area contributed by atoms with Crippen LogP contribution < -0.4 is 5.32 Å². The molecule has 1 heterocycles. The first-order valence-corrected chi connectivity index (χ1v) is 9.83. The van der Waals surface area contributed by atoms with Crippen LogP contribution in [0.15, 0.2) is 60.7 Å². The quantitative estimate of drug-likeness (QED) is 0.513. The summed E-state index contributed by atoms with van der Waals surface area (Å²) in [5.74, 6) is -0.210. The molecule has 0 unspecified atom stereocenters. The maximum Gasteiger partial charge on any atom is 0.271 e. The van der Waals surface area contributed by atoms with Crippen LogP contribution in [0.2, 0.25) is 0 Å². The molecule has 1 N–H and O–H groups in total. The fourth-order valence-corrected chi connectivity index (χ4v) is 3.73. The van der Waals surface area contributed by atoms with E-state index in [0.29, 0.717) is 17.1 Å². The van der Waals surface area contributed by atoms with Gasteiger partial charge in [0.15, 0.2) is 0 Å². The molecule has 7 heteroatoms. The van der Waals surface area contributed by atoms with Gasteiger partial charge in [0.05, 0.1) is 16.3 Å². The second-order valence-electron chi connectivity index (χ2n) is 7.28. The van der Waals surface area contributed by atoms with Crippen molar-refractivity contribution in [2.24, 2.45) is 0 Å². The average molecular weight is 390 g/mol. The van der Waals surface area contributed by atoms with Crippen LogP contribution in [-0.2, 0) is 0 Å². The number of benzene rings is 2. The predicted molar refractivity (Wildman–Crippen MR) is 110 cm³/mol. The lowest BCUT2D eigenvalue weighted by Gasteiger charge is -2.22. The molecule has 4 rings (SSSR count). The number of non-ortho nitro benzene ring substituents is 1. The molecule has 29 heavy (non-hydrogen) atoms. The smallest absolute Gasteiger partial charge is 0.271 e. The number of hydrogen-bond acceptors (Lipinski definition) is 4. The van der Waals surface area contributed by atoms with Gasteiger partial charge in [-0.25, -0.2) is 4.68 Å². The molecule has 7 nitrogen and oxygen atoms in total. The number of carbonyl (C=O) groups is 1. The van der Waals surface area contributed by atoms with E-state index in [9.17, 15) is 14.9 Å². The first-order valence-electron chi connectivity index (χ1n) is 9.83. The molecule has 0 atom stereocenters. The number of nitrogens with one attached hydrogen (secondary N) is 1. The van der Waals surface area contributed by atoms with Gasteiger partial charge in [0.25, 0.3) is 11.6 Å². The maximum absolute atomic E-state index is 13.1. The molecule has 1 amide bonds. The van der Waals surface area contributed by atoms with Gasteiger partial charge in [-0.2, -0.15) is 5.10 Å². The number of aromatic nitrogens is 2. The number of nitro benzene ring substituents is 1. The zero-order chi connectivity index (χ0) is 20.2. The summed E-state index contributed by atoms with van der Waals surface area (Å²) in [5.41, 5.74) is 2.33. The van der Waals surface area contributed by atoms with Crippen molar-refractivity contribution in [3.05, 3.63) is 76.5 Å². The van der Waals surface area contributed by atoms with Crippen molar-refractivity contribution < 1.29 is 9.72 Å². The third-order valence-corrected chi connectivity index (χ3v) is 5.24. The van der Waals surface area contributed by atoms with Gasteiger partial charge in [-0.1, -0.05) is 55.7 Å². The molecule has 1 aromatic heterocycles. The Labute approximate surface area is 168 Å². The van der Waals surface area contributed by atoms with E-state index in [0.717, 1.165) is 31.2 Å². The normalized spacial score (nSPS) is 14.5. The SMILES string of the molecule is O=C(NC1CCCCC1)c1cc(-c2ccccc2)nn1-c1cccc([N+](=O)[O-])c1. The topological polar surface area (TPSA) is 90.1 Å². The molecular formula is C22H22N4O3. The van der Waals surface area contributed by atoms with Crippen LogP contribution in [0.25, 0.3) is 16.9 Å². The molecule has 1 aliphatic rings. The summed E-state index contributed by atoms with van der Waals surface area (Å²) in [5, 5.41) is 18.9. The Morgan fingerprint density at radius 2 is 1.79 bits per heavy atom. The molecule has 1 saturated carbocycles. The van der Waals surface area contributed by atoms with Crippen LogP contribution >= 0.6 is 0 Å². The van der Waals surface area contributed by atoms with E-state index < -0.39 is 4.92 Å². The van der Waals surface area contributed by atoms with Gasteiger partial charge in [-0.05, 0) is 25.0 Å². The van der Waals surface area contributed by atoms with Crippen molar-refractivity contribution in [2.75, 3.05) is 0 Å². The Kier molecular flexibility index (Phi) is 5.37. The lowest BCUT2D eigenvalue weighted by atomic mass is 9.95. The van der Waals surface area contributed by atoms with Crippen LogP contribution in [-0.4, -0.2) is 26.7 Å². The summed E-state index contributed by atoms with van der Waals surface area (Å²) >= 11 is 0.